The van der Waals surface area contributed by atoms with Gasteiger partial charge in [0.15, 0.2) is 5.82 Å². The molecule has 4 nitrogen and oxygen atoms in total. The van der Waals surface area contributed by atoms with Gasteiger partial charge in [0.25, 0.3) is 0 Å². The average Bonchev–Trinajstić information content (AvgIpc) is 2.31. The lowest BCUT2D eigenvalue weighted by Gasteiger charge is -2.37. The highest BCUT2D eigenvalue weighted by Crippen LogP contribution is 2.30. The summed E-state index contributed by atoms with van der Waals surface area (Å²) in [5, 5.41) is 9.65. The maximum atomic E-state index is 9.10. The molecule has 1 aromatic rings. The Morgan fingerprint density at radius 3 is 3.06 bits per heavy atom. The summed E-state index contributed by atoms with van der Waals surface area (Å²) in [5.41, 5.74) is 6.57. The first-order valence-corrected chi connectivity index (χ1v) is 6.38. The summed E-state index contributed by atoms with van der Waals surface area (Å²) >= 11 is 5.85. The minimum Gasteiger partial charge on any atom is -0.396 e. The standard InChI is InChI=1S/C12H18ClN3O/c13-9-7-11(14)12(15-8-9)16-5-2-1-3-10(16)4-6-17/h7-8,10,17H,1-6,14H2. The number of hydrogen-bond donors (Lipinski definition) is 2. The predicted octanol–water partition coefficient (Wildman–Crippen LogP) is 2.06. The van der Waals surface area contributed by atoms with E-state index in [1.165, 1.54) is 6.42 Å². The van der Waals surface area contributed by atoms with Crippen molar-refractivity contribution in [3.63, 3.8) is 0 Å². The quantitative estimate of drug-likeness (QED) is 0.868. The smallest absolute Gasteiger partial charge is 0.152 e. The van der Waals surface area contributed by atoms with Crippen LogP contribution >= 0.6 is 11.6 Å². The number of pyridine rings is 1. The van der Waals surface area contributed by atoms with Gasteiger partial charge in [-0.05, 0) is 31.7 Å². The first-order chi connectivity index (χ1) is 8.22. The molecule has 17 heavy (non-hydrogen) atoms. The number of aromatic nitrogens is 1. The summed E-state index contributed by atoms with van der Waals surface area (Å²) in [5.74, 6) is 0.799. The van der Waals surface area contributed by atoms with E-state index in [-0.39, 0.29) is 6.61 Å². The Hall–Kier alpha value is -1.00. The Labute approximate surface area is 106 Å². The summed E-state index contributed by atoms with van der Waals surface area (Å²) in [7, 11) is 0. The van der Waals surface area contributed by atoms with Crippen molar-refractivity contribution in [1.82, 2.24) is 4.98 Å². The number of aliphatic hydroxyl groups is 1. The van der Waals surface area contributed by atoms with Gasteiger partial charge < -0.3 is 15.7 Å². The van der Waals surface area contributed by atoms with Gasteiger partial charge in [-0.25, -0.2) is 4.98 Å². The number of nitrogen functional groups attached to an aromatic ring is 1. The Morgan fingerprint density at radius 2 is 2.35 bits per heavy atom. The van der Waals surface area contributed by atoms with E-state index in [0.29, 0.717) is 16.8 Å². The van der Waals surface area contributed by atoms with E-state index in [4.69, 9.17) is 22.4 Å². The van der Waals surface area contributed by atoms with Crippen LogP contribution < -0.4 is 10.6 Å². The van der Waals surface area contributed by atoms with Gasteiger partial charge in [0.2, 0.25) is 0 Å². The highest BCUT2D eigenvalue weighted by Gasteiger charge is 2.24. The monoisotopic (exact) mass is 255 g/mol. The summed E-state index contributed by atoms with van der Waals surface area (Å²) in [4.78, 5) is 6.52. The van der Waals surface area contributed by atoms with Gasteiger partial charge in [-0.15, -0.1) is 0 Å². The van der Waals surface area contributed by atoms with Crippen LogP contribution in [-0.2, 0) is 0 Å². The molecule has 3 N–H and O–H groups in total. The normalized spacial score (nSPS) is 20.6. The zero-order chi connectivity index (χ0) is 12.3. The average molecular weight is 256 g/mol. The molecule has 1 atom stereocenters. The molecule has 1 unspecified atom stereocenters. The molecule has 94 valence electrons. The minimum absolute atomic E-state index is 0.203. The lowest BCUT2D eigenvalue weighted by atomic mass is 9.99. The van der Waals surface area contributed by atoms with Crippen molar-refractivity contribution in [1.29, 1.82) is 0 Å². The molecule has 0 spiro atoms. The van der Waals surface area contributed by atoms with Gasteiger partial charge in [0.05, 0.1) is 10.7 Å². The van der Waals surface area contributed by atoms with Crippen molar-refractivity contribution in [2.24, 2.45) is 0 Å². The lowest BCUT2D eigenvalue weighted by molar-refractivity contribution is 0.262. The van der Waals surface area contributed by atoms with E-state index in [0.717, 1.165) is 31.6 Å². The van der Waals surface area contributed by atoms with Crippen molar-refractivity contribution in [3.05, 3.63) is 17.3 Å². The first-order valence-electron chi connectivity index (χ1n) is 6.01. The van der Waals surface area contributed by atoms with Crippen LogP contribution in [0.4, 0.5) is 11.5 Å². The number of hydrogen-bond acceptors (Lipinski definition) is 4. The second kappa shape index (κ2) is 5.56. The van der Waals surface area contributed by atoms with Crippen molar-refractivity contribution in [2.75, 3.05) is 23.8 Å². The largest absolute Gasteiger partial charge is 0.396 e. The summed E-state index contributed by atoms with van der Waals surface area (Å²) in [6.07, 6.45) is 5.83. The molecule has 0 aromatic carbocycles. The van der Waals surface area contributed by atoms with E-state index in [2.05, 4.69) is 9.88 Å². The zero-order valence-electron chi connectivity index (χ0n) is 9.77. The number of nitrogens with zero attached hydrogens (tertiary/aromatic N) is 2. The molecule has 5 heteroatoms. The zero-order valence-corrected chi connectivity index (χ0v) is 10.5. The molecule has 1 aromatic heterocycles. The van der Waals surface area contributed by atoms with Gasteiger partial charge in [-0.2, -0.15) is 0 Å². The molecule has 0 saturated carbocycles. The third-order valence-corrected chi connectivity index (χ3v) is 3.43. The van der Waals surface area contributed by atoms with E-state index >= 15 is 0 Å². The van der Waals surface area contributed by atoms with Gasteiger partial charge >= 0.3 is 0 Å². The van der Waals surface area contributed by atoms with Crippen molar-refractivity contribution in [3.8, 4) is 0 Å². The van der Waals surface area contributed by atoms with Crippen LogP contribution in [0.15, 0.2) is 12.3 Å². The summed E-state index contributed by atoms with van der Waals surface area (Å²) in [6, 6.07) is 2.07. The maximum absolute atomic E-state index is 9.10. The maximum Gasteiger partial charge on any atom is 0.152 e. The molecule has 2 rings (SSSR count). The van der Waals surface area contributed by atoms with Crippen molar-refractivity contribution < 1.29 is 5.11 Å². The van der Waals surface area contributed by atoms with Crippen LogP contribution in [-0.4, -0.2) is 29.3 Å². The summed E-state index contributed by atoms with van der Waals surface area (Å²) in [6.45, 7) is 1.15. The molecular weight excluding hydrogens is 238 g/mol. The topological polar surface area (TPSA) is 62.4 Å². The van der Waals surface area contributed by atoms with Gasteiger partial charge in [-0.1, -0.05) is 11.6 Å². The third kappa shape index (κ3) is 2.82. The molecular formula is C12H18ClN3O. The number of aliphatic hydroxyl groups excluding tert-OH is 1. The third-order valence-electron chi connectivity index (χ3n) is 3.22. The van der Waals surface area contributed by atoms with Gasteiger partial charge in [-0.3, -0.25) is 0 Å². The van der Waals surface area contributed by atoms with Crippen LogP contribution in [0, 0.1) is 0 Å². The Balaban J connectivity index is 2.23. The van der Waals surface area contributed by atoms with E-state index < -0.39 is 0 Å². The number of halogens is 1. The van der Waals surface area contributed by atoms with Crippen LogP contribution in [0.3, 0.4) is 0 Å². The van der Waals surface area contributed by atoms with E-state index in [9.17, 15) is 0 Å². The Morgan fingerprint density at radius 1 is 1.53 bits per heavy atom. The number of nitrogens with two attached hydrogens (primary N) is 1. The van der Waals surface area contributed by atoms with Crippen molar-refractivity contribution in [2.45, 2.75) is 31.7 Å². The number of piperidine rings is 1. The first kappa shape index (κ1) is 12.5. The molecule has 0 aliphatic carbocycles. The molecule has 0 bridgehead atoms. The fourth-order valence-corrected chi connectivity index (χ4v) is 2.58. The van der Waals surface area contributed by atoms with Gasteiger partial charge in [0.1, 0.15) is 0 Å². The Kier molecular flexibility index (Phi) is 4.07. The number of anilines is 2. The Bertz CT molecular complexity index is 384. The number of rotatable bonds is 3. The molecule has 1 aliphatic rings. The summed E-state index contributed by atoms with van der Waals surface area (Å²) < 4.78 is 0. The predicted molar refractivity (Wildman–Crippen MR) is 70.3 cm³/mol. The highest BCUT2D eigenvalue weighted by molar-refractivity contribution is 6.30. The molecule has 2 heterocycles. The van der Waals surface area contributed by atoms with E-state index in [1.54, 1.807) is 12.3 Å². The fourth-order valence-electron chi connectivity index (χ4n) is 2.42. The van der Waals surface area contributed by atoms with Crippen LogP contribution in [0.1, 0.15) is 25.7 Å². The second-order valence-corrected chi connectivity index (χ2v) is 4.86. The molecule has 0 amide bonds. The highest BCUT2D eigenvalue weighted by atomic mass is 35.5. The minimum atomic E-state index is 0.203. The van der Waals surface area contributed by atoms with Crippen molar-refractivity contribution >= 4 is 23.1 Å². The SMILES string of the molecule is Nc1cc(Cl)cnc1N1CCCCC1CCO. The van der Waals surface area contributed by atoms with Crippen LogP contribution in [0.5, 0.6) is 0 Å². The molecule has 1 aliphatic heterocycles. The van der Waals surface area contributed by atoms with E-state index in [1.807, 2.05) is 0 Å². The molecule has 1 fully saturated rings. The second-order valence-electron chi connectivity index (χ2n) is 4.42. The van der Waals surface area contributed by atoms with Crippen LogP contribution in [0.25, 0.3) is 0 Å². The van der Waals surface area contributed by atoms with Gasteiger partial charge in [0, 0.05) is 25.4 Å². The fraction of sp³-hybridized carbons (Fsp3) is 0.583. The lowest BCUT2D eigenvalue weighted by Crippen LogP contribution is -2.41. The van der Waals surface area contributed by atoms with Crippen LogP contribution in [0.2, 0.25) is 5.02 Å². The molecule has 0 radical (unpaired) electrons. The molecule has 1 saturated heterocycles.